The maximum absolute atomic E-state index is 14.2. The van der Waals surface area contributed by atoms with Crippen molar-refractivity contribution >= 4 is 21.7 Å². The average molecular weight is 381 g/mol. The number of nitrogens with one attached hydrogen (secondary N) is 2. The average Bonchev–Trinajstić information content (AvgIpc) is 2.61. The van der Waals surface area contributed by atoms with Crippen molar-refractivity contribution in [2.75, 3.05) is 19.0 Å². The number of nitrogens with zero attached hydrogens (tertiary/aromatic N) is 1. The highest BCUT2D eigenvalue weighted by atomic mass is 32.2. The minimum absolute atomic E-state index is 0.00865. The Balaban J connectivity index is 2.12. The predicted molar refractivity (Wildman–Crippen MR) is 94.5 cm³/mol. The van der Waals surface area contributed by atoms with Gasteiger partial charge in [0, 0.05) is 18.2 Å². The summed E-state index contributed by atoms with van der Waals surface area (Å²) in [7, 11) is -2.38. The fourth-order valence-electron chi connectivity index (χ4n) is 2.51. The van der Waals surface area contributed by atoms with Crippen molar-refractivity contribution in [1.82, 2.24) is 4.72 Å². The molecule has 2 aromatic rings. The molecule has 1 atom stereocenters. The lowest BCUT2D eigenvalue weighted by molar-refractivity contribution is 0.125. The molecule has 0 saturated heterocycles. The first kappa shape index (κ1) is 18.3. The number of guanidine groups is 1. The molecule has 0 radical (unpaired) electrons. The van der Waals surface area contributed by atoms with Crippen molar-refractivity contribution in [3.8, 4) is 11.1 Å². The van der Waals surface area contributed by atoms with Crippen LogP contribution in [0.3, 0.4) is 0 Å². The van der Waals surface area contributed by atoms with Crippen LogP contribution in [-0.4, -0.2) is 34.1 Å². The van der Waals surface area contributed by atoms with E-state index in [9.17, 15) is 17.2 Å². The van der Waals surface area contributed by atoms with Crippen LogP contribution in [0.15, 0.2) is 46.3 Å². The number of ether oxygens (including phenoxy) is 1. The summed E-state index contributed by atoms with van der Waals surface area (Å²) in [5, 5.41) is 2.86. The van der Waals surface area contributed by atoms with E-state index < -0.39 is 21.7 Å². The van der Waals surface area contributed by atoms with Crippen molar-refractivity contribution in [2.45, 2.75) is 17.9 Å². The van der Waals surface area contributed by atoms with Gasteiger partial charge in [0.25, 0.3) is 10.0 Å². The third-order valence-corrected chi connectivity index (χ3v) is 5.32. The zero-order valence-corrected chi connectivity index (χ0v) is 14.9. The molecule has 2 N–H and O–H groups in total. The van der Waals surface area contributed by atoms with Gasteiger partial charge in [0.2, 0.25) is 5.96 Å². The van der Waals surface area contributed by atoms with Crippen LogP contribution in [0, 0.1) is 11.6 Å². The smallest absolute Gasteiger partial charge is 0.266 e. The number of para-hydroxylation sites is 1. The number of hydrogen-bond donors (Lipinski definition) is 2. The Bertz CT molecular complexity index is 977. The summed E-state index contributed by atoms with van der Waals surface area (Å²) in [6.45, 7) is 2.00. The van der Waals surface area contributed by atoms with Gasteiger partial charge in [0.05, 0.1) is 18.3 Å². The third-order valence-electron chi connectivity index (χ3n) is 3.94. The lowest BCUT2D eigenvalue weighted by Crippen LogP contribution is -2.41. The molecule has 0 amide bonds. The van der Waals surface area contributed by atoms with E-state index in [1.54, 1.807) is 6.92 Å². The maximum atomic E-state index is 14.2. The number of benzene rings is 2. The van der Waals surface area contributed by atoms with E-state index >= 15 is 0 Å². The van der Waals surface area contributed by atoms with Gasteiger partial charge in [-0.3, -0.25) is 0 Å². The number of methoxy groups -OCH3 is 1. The summed E-state index contributed by atoms with van der Waals surface area (Å²) in [6, 6.07) is 8.10. The van der Waals surface area contributed by atoms with Crippen LogP contribution in [0.2, 0.25) is 0 Å². The second kappa shape index (κ2) is 7.00. The van der Waals surface area contributed by atoms with Crippen LogP contribution in [0.25, 0.3) is 11.1 Å². The molecule has 0 saturated carbocycles. The Morgan fingerprint density at radius 3 is 2.58 bits per heavy atom. The molecule has 1 unspecified atom stereocenters. The quantitative estimate of drug-likeness (QED) is 0.854. The maximum Gasteiger partial charge on any atom is 0.266 e. The molecule has 0 fully saturated rings. The van der Waals surface area contributed by atoms with Gasteiger partial charge in [-0.25, -0.2) is 26.9 Å². The first-order chi connectivity index (χ1) is 12.3. The molecule has 1 heterocycles. The Morgan fingerprint density at radius 2 is 1.85 bits per heavy atom. The monoisotopic (exact) mass is 381 g/mol. The fourth-order valence-corrected chi connectivity index (χ4v) is 3.68. The van der Waals surface area contributed by atoms with Gasteiger partial charge < -0.3 is 10.1 Å². The van der Waals surface area contributed by atoms with Crippen molar-refractivity contribution in [1.29, 1.82) is 0 Å². The molecule has 9 heteroatoms. The van der Waals surface area contributed by atoms with Crippen molar-refractivity contribution in [3.05, 3.63) is 48.0 Å². The van der Waals surface area contributed by atoms with E-state index in [0.29, 0.717) is 0 Å². The fraction of sp³-hybridized carbons (Fsp3) is 0.235. The van der Waals surface area contributed by atoms with Crippen LogP contribution in [-0.2, 0) is 14.8 Å². The van der Waals surface area contributed by atoms with Crippen molar-refractivity contribution in [2.24, 2.45) is 4.99 Å². The standard InChI is InChI=1S/C17H17F2N3O3S/c1-10(25-2)9-20-17-21-16-12(11-5-3-7-13(18)15(11)19)6-4-8-14(16)26(23,24)22-17/h3-8,10H,9H2,1-2H3,(H2,20,21,22). The predicted octanol–water partition coefficient (Wildman–Crippen LogP) is 2.73. The molecule has 0 aromatic heterocycles. The summed E-state index contributed by atoms with van der Waals surface area (Å²) in [5.41, 5.74) is 0.313. The van der Waals surface area contributed by atoms with Gasteiger partial charge in [-0.1, -0.05) is 24.3 Å². The van der Waals surface area contributed by atoms with E-state index in [1.165, 1.54) is 37.4 Å². The van der Waals surface area contributed by atoms with Gasteiger partial charge >= 0.3 is 0 Å². The molecular formula is C17H17F2N3O3S. The number of halogens is 2. The number of fused-ring (bicyclic) bond motifs is 1. The Hall–Kier alpha value is -2.52. The second-order valence-corrected chi connectivity index (χ2v) is 7.40. The Labute approximate surface area is 150 Å². The molecule has 3 rings (SSSR count). The molecule has 0 spiro atoms. The number of hydrogen-bond acceptors (Lipinski definition) is 4. The summed E-state index contributed by atoms with van der Waals surface area (Å²) >= 11 is 0. The van der Waals surface area contributed by atoms with Crippen LogP contribution < -0.4 is 10.0 Å². The van der Waals surface area contributed by atoms with E-state index in [1.807, 2.05) is 0 Å². The topological polar surface area (TPSA) is 79.8 Å². The van der Waals surface area contributed by atoms with Crippen LogP contribution in [0.4, 0.5) is 14.5 Å². The molecule has 2 aromatic carbocycles. The lowest BCUT2D eigenvalue weighted by atomic mass is 10.0. The summed E-state index contributed by atoms with van der Waals surface area (Å²) in [4.78, 5) is 4.07. The second-order valence-electron chi connectivity index (χ2n) is 5.75. The summed E-state index contributed by atoms with van der Waals surface area (Å²) < 4.78 is 60.2. The highest BCUT2D eigenvalue weighted by Crippen LogP contribution is 2.37. The highest BCUT2D eigenvalue weighted by molar-refractivity contribution is 7.90. The number of sulfonamides is 1. The van der Waals surface area contributed by atoms with E-state index in [-0.39, 0.29) is 40.3 Å². The Kier molecular flexibility index (Phi) is 4.92. The third kappa shape index (κ3) is 3.40. The van der Waals surface area contributed by atoms with Crippen molar-refractivity contribution in [3.63, 3.8) is 0 Å². The first-order valence-corrected chi connectivity index (χ1v) is 9.26. The van der Waals surface area contributed by atoms with Crippen LogP contribution in [0.5, 0.6) is 0 Å². The van der Waals surface area contributed by atoms with Crippen LogP contribution in [0.1, 0.15) is 6.92 Å². The van der Waals surface area contributed by atoms with E-state index in [0.717, 1.165) is 6.07 Å². The zero-order chi connectivity index (χ0) is 18.9. The largest absolute Gasteiger partial charge is 0.380 e. The van der Waals surface area contributed by atoms with Crippen LogP contribution >= 0.6 is 0 Å². The number of aliphatic imine (C=N–C) groups is 1. The molecule has 26 heavy (non-hydrogen) atoms. The van der Waals surface area contributed by atoms with Gasteiger partial charge in [0.1, 0.15) is 4.90 Å². The number of rotatable bonds is 4. The molecule has 0 bridgehead atoms. The molecule has 1 aliphatic rings. The minimum atomic E-state index is -3.90. The molecular weight excluding hydrogens is 364 g/mol. The zero-order valence-electron chi connectivity index (χ0n) is 14.1. The molecule has 0 aliphatic carbocycles. The van der Waals surface area contributed by atoms with Gasteiger partial charge in [-0.05, 0) is 19.1 Å². The minimum Gasteiger partial charge on any atom is -0.380 e. The van der Waals surface area contributed by atoms with Crippen molar-refractivity contribution < 1.29 is 21.9 Å². The van der Waals surface area contributed by atoms with Gasteiger partial charge in [0.15, 0.2) is 11.6 Å². The normalized spacial score (nSPS) is 17.9. The SMILES string of the molecule is COC(C)CN=C1Nc2c(-c3cccc(F)c3F)cccc2S(=O)(=O)N1. The molecule has 6 nitrogen and oxygen atoms in total. The molecule has 1 aliphatic heterocycles. The van der Waals surface area contributed by atoms with Gasteiger partial charge in [-0.2, -0.15) is 0 Å². The lowest BCUT2D eigenvalue weighted by Gasteiger charge is -2.24. The number of anilines is 1. The summed E-state index contributed by atoms with van der Waals surface area (Å²) in [6.07, 6.45) is -0.217. The molecule has 138 valence electrons. The first-order valence-electron chi connectivity index (χ1n) is 7.78. The summed E-state index contributed by atoms with van der Waals surface area (Å²) in [5.74, 6) is -2.07. The van der Waals surface area contributed by atoms with E-state index in [4.69, 9.17) is 4.74 Å². The highest BCUT2D eigenvalue weighted by Gasteiger charge is 2.29. The van der Waals surface area contributed by atoms with E-state index in [2.05, 4.69) is 15.0 Å². The van der Waals surface area contributed by atoms with Gasteiger partial charge in [-0.15, -0.1) is 0 Å². The Morgan fingerprint density at radius 1 is 1.15 bits per heavy atom.